The van der Waals surface area contributed by atoms with Crippen LogP contribution in [0.25, 0.3) is 0 Å². The predicted octanol–water partition coefficient (Wildman–Crippen LogP) is 3.54. The molecule has 0 bridgehead atoms. The number of aromatic amines is 1. The van der Waals surface area contributed by atoms with Crippen molar-refractivity contribution < 1.29 is 14.3 Å². The molecule has 2 aromatic rings. The van der Waals surface area contributed by atoms with E-state index in [-0.39, 0.29) is 11.9 Å². The van der Waals surface area contributed by atoms with Crippen LogP contribution in [0.3, 0.4) is 0 Å². The number of aryl methyl sites for hydroxylation is 2. The Balaban J connectivity index is 1.62. The Kier molecular flexibility index (Phi) is 7.44. The molecule has 2 heterocycles. The van der Waals surface area contributed by atoms with Crippen molar-refractivity contribution >= 4 is 11.9 Å². The number of carbonyl (C=O) groups excluding carboxylic acids is 2. The first-order valence-electron chi connectivity index (χ1n) is 10.6. The number of nitrogens with one attached hydrogen (secondary N) is 1. The third-order valence-corrected chi connectivity index (χ3v) is 5.78. The van der Waals surface area contributed by atoms with Gasteiger partial charge in [-0.25, -0.2) is 0 Å². The lowest BCUT2D eigenvalue weighted by molar-refractivity contribution is -0.161. The first-order valence-corrected chi connectivity index (χ1v) is 10.6. The Morgan fingerprint density at radius 2 is 2.03 bits per heavy atom. The van der Waals surface area contributed by atoms with Crippen molar-refractivity contribution in [2.45, 2.75) is 51.9 Å². The van der Waals surface area contributed by atoms with E-state index in [0.29, 0.717) is 32.5 Å². The van der Waals surface area contributed by atoms with Crippen LogP contribution in [0.2, 0.25) is 0 Å². The van der Waals surface area contributed by atoms with Crippen LogP contribution in [-0.2, 0) is 27.2 Å². The van der Waals surface area contributed by atoms with E-state index < -0.39 is 5.41 Å². The summed E-state index contributed by atoms with van der Waals surface area (Å²) in [4.78, 5) is 27.6. The van der Waals surface area contributed by atoms with Crippen molar-refractivity contribution in [3.8, 4) is 0 Å². The van der Waals surface area contributed by atoms with Gasteiger partial charge in [0.25, 0.3) is 0 Å². The van der Waals surface area contributed by atoms with Gasteiger partial charge in [0.15, 0.2) is 0 Å². The number of hydrogen-bond acceptors (Lipinski definition) is 4. The van der Waals surface area contributed by atoms with E-state index in [2.05, 4.69) is 22.3 Å². The fourth-order valence-electron chi connectivity index (χ4n) is 4.20. The van der Waals surface area contributed by atoms with Gasteiger partial charge in [-0.3, -0.25) is 14.7 Å². The number of rotatable bonds is 9. The maximum absolute atomic E-state index is 12.9. The molecule has 1 aromatic heterocycles. The standard InChI is InChI=1S/C23H31N3O3/c1-2-29-22(28)23(13-6-10-19-8-4-3-5-9-19)14-7-15-26(18-23)21(27)12-11-20-16-24-25-17-20/h3-5,8-9,16-17H,2,6-7,10-15,18H2,1H3,(H,24,25)/t23-/m0/s1. The summed E-state index contributed by atoms with van der Waals surface area (Å²) in [6.07, 6.45) is 8.84. The van der Waals surface area contributed by atoms with Crippen molar-refractivity contribution in [1.82, 2.24) is 15.1 Å². The third-order valence-electron chi connectivity index (χ3n) is 5.78. The smallest absolute Gasteiger partial charge is 0.313 e. The average molecular weight is 398 g/mol. The summed E-state index contributed by atoms with van der Waals surface area (Å²) >= 11 is 0. The van der Waals surface area contributed by atoms with Crippen LogP contribution in [0, 0.1) is 5.41 Å². The Labute approximate surface area is 172 Å². The lowest BCUT2D eigenvalue weighted by Gasteiger charge is -2.41. The Morgan fingerprint density at radius 1 is 1.21 bits per heavy atom. The molecule has 1 aliphatic heterocycles. The Hall–Kier alpha value is -2.63. The minimum absolute atomic E-state index is 0.0997. The van der Waals surface area contributed by atoms with Gasteiger partial charge in [-0.05, 0) is 56.6 Å². The summed E-state index contributed by atoms with van der Waals surface area (Å²) in [5.41, 5.74) is 1.71. The normalized spacial score (nSPS) is 19.1. The van der Waals surface area contributed by atoms with Gasteiger partial charge < -0.3 is 9.64 Å². The molecule has 0 spiro atoms. The van der Waals surface area contributed by atoms with Gasteiger partial charge in [0, 0.05) is 25.7 Å². The number of esters is 1. The summed E-state index contributed by atoms with van der Waals surface area (Å²) < 4.78 is 5.45. The number of benzene rings is 1. The highest BCUT2D eigenvalue weighted by Gasteiger charge is 2.44. The average Bonchev–Trinajstić information content (AvgIpc) is 3.27. The van der Waals surface area contributed by atoms with E-state index in [1.165, 1.54) is 5.56 Å². The quantitative estimate of drug-likeness (QED) is 0.657. The summed E-state index contributed by atoms with van der Waals surface area (Å²) in [6, 6.07) is 10.3. The van der Waals surface area contributed by atoms with Gasteiger partial charge in [-0.2, -0.15) is 5.10 Å². The number of aromatic nitrogens is 2. The van der Waals surface area contributed by atoms with Crippen LogP contribution in [-0.4, -0.2) is 46.7 Å². The molecule has 0 saturated carbocycles. The molecular weight excluding hydrogens is 366 g/mol. The van der Waals surface area contributed by atoms with E-state index in [9.17, 15) is 9.59 Å². The molecule has 156 valence electrons. The van der Waals surface area contributed by atoms with Gasteiger partial charge in [0.05, 0.1) is 18.2 Å². The topological polar surface area (TPSA) is 75.3 Å². The van der Waals surface area contributed by atoms with Crippen LogP contribution in [0.4, 0.5) is 0 Å². The number of piperidine rings is 1. The number of amides is 1. The number of likely N-dealkylation sites (tertiary alicyclic amines) is 1. The molecule has 0 radical (unpaired) electrons. The van der Waals surface area contributed by atoms with Crippen LogP contribution in [0.1, 0.15) is 50.2 Å². The molecule has 6 nitrogen and oxygen atoms in total. The van der Waals surface area contributed by atoms with E-state index in [4.69, 9.17) is 4.74 Å². The number of H-pyrrole nitrogens is 1. The molecule has 0 unspecified atom stereocenters. The van der Waals surface area contributed by atoms with Gasteiger partial charge in [-0.15, -0.1) is 0 Å². The zero-order valence-corrected chi connectivity index (χ0v) is 17.2. The molecule has 1 atom stereocenters. The highest BCUT2D eigenvalue weighted by molar-refractivity contribution is 5.81. The molecule has 1 N–H and O–H groups in total. The number of carbonyl (C=O) groups is 2. The lowest BCUT2D eigenvalue weighted by Crippen LogP contribution is -2.50. The fourth-order valence-corrected chi connectivity index (χ4v) is 4.20. The summed E-state index contributed by atoms with van der Waals surface area (Å²) in [7, 11) is 0. The zero-order chi connectivity index (χ0) is 20.5. The van der Waals surface area contributed by atoms with Gasteiger partial charge in [0.1, 0.15) is 0 Å². The van der Waals surface area contributed by atoms with E-state index in [1.807, 2.05) is 36.2 Å². The largest absolute Gasteiger partial charge is 0.466 e. The van der Waals surface area contributed by atoms with Crippen molar-refractivity contribution in [3.63, 3.8) is 0 Å². The predicted molar refractivity (Wildman–Crippen MR) is 111 cm³/mol. The van der Waals surface area contributed by atoms with Gasteiger partial charge in [-0.1, -0.05) is 30.3 Å². The summed E-state index contributed by atoms with van der Waals surface area (Å²) in [5.74, 6) is -0.0528. The monoisotopic (exact) mass is 397 g/mol. The van der Waals surface area contributed by atoms with Crippen molar-refractivity contribution in [2.24, 2.45) is 5.41 Å². The van der Waals surface area contributed by atoms with E-state index >= 15 is 0 Å². The van der Waals surface area contributed by atoms with Gasteiger partial charge in [0.2, 0.25) is 5.91 Å². The fraction of sp³-hybridized carbons (Fsp3) is 0.522. The second-order valence-electron chi connectivity index (χ2n) is 7.87. The maximum atomic E-state index is 12.9. The van der Waals surface area contributed by atoms with Crippen LogP contribution in [0.15, 0.2) is 42.7 Å². The van der Waals surface area contributed by atoms with Gasteiger partial charge >= 0.3 is 5.97 Å². The molecule has 1 fully saturated rings. The van der Waals surface area contributed by atoms with Crippen LogP contribution < -0.4 is 0 Å². The summed E-state index contributed by atoms with van der Waals surface area (Å²) in [6.45, 7) is 3.38. The zero-order valence-electron chi connectivity index (χ0n) is 17.2. The molecule has 0 aliphatic carbocycles. The van der Waals surface area contributed by atoms with E-state index in [1.54, 1.807) is 6.20 Å². The van der Waals surface area contributed by atoms with Crippen molar-refractivity contribution in [3.05, 3.63) is 53.9 Å². The molecule has 1 amide bonds. The molecule has 1 aromatic carbocycles. The molecule has 1 saturated heterocycles. The summed E-state index contributed by atoms with van der Waals surface area (Å²) in [5, 5.41) is 6.70. The highest BCUT2D eigenvalue weighted by atomic mass is 16.5. The number of ether oxygens (including phenoxy) is 1. The van der Waals surface area contributed by atoms with Crippen LogP contribution in [0.5, 0.6) is 0 Å². The minimum atomic E-state index is -0.589. The lowest BCUT2D eigenvalue weighted by atomic mass is 9.75. The van der Waals surface area contributed by atoms with Crippen LogP contribution >= 0.6 is 0 Å². The Morgan fingerprint density at radius 3 is 2.76 bits per heavy atom. The highest BCUT2D eigenvalue weighted by Crippen LogP contribution is 2.37. The maximum Gasteiger partial charge on any atom is 0.313 e. The second-order valence-corrected chi connectivity index (χ2v) is 7.87. The third kappa shape index (κ3) is 5.68. The molecular formula is C23H31N3O3. The second kappa shape index (κ2) is 10.2. The molecule has 1 aliphatic rings. The molecule has 29 heavy (non-hydrogen) atoms. The minimum Gasteiger partial charge on any atom is -0.466 e. The molecule has 3 rings (SSSR count). The van der Waals surface area contributed by atoms with Crippen molar-refractivity contribution in [2.75, 3.05) is 19.7 Å². The SMILES string of the molecule is CCOC(=O)[C@@]1(CCCc2ccccc2)CCCN(C(=O)CCc2cn[nH]c2)C1. The Bertz CT molecular complexity index is 776. The first kappa shape index (κ1) is 21.1. The number of nitrogens with zero attached hydrogens (tertiary/aromatic N) is 2. The van der Waals surface area contributed by atoms with E-state index in [0.717, 1.165) is 37.7 Å². The number of hydrogen-bond donors (Lipinski definition) is 1. The van der Waals surface area contributed by atoms with Crippen molar-refractivity contribution in [1.29, 1.82) is 0 Å². The first-order chi connectivity index (χ1) is 14.1. The molecule has 6 heteroatoms.